The Bertz CT molecular complexity index is 547. The first-order valence-corrected chi connectivity index (χ1v) is 7.33. The molecule has 3 amide bonds. The lowest BCUT2D eigenvalue weighted by atomic mass is 10.2. The van der Waals surface area contributed by atoms with Crippen molar-refractivity contribution in [3.05, 3.63) is 30.1 Å². The summed E-state index contributed by atoms with van der Waals surface area (Å²) in [5, 5.41) is -0.198. The van der Waals surface area contributed by atoms with Crippen LogP contribution in [0.3, 0.4) is 0 Å². The van der Waals surface area contributed by atoms with Gasteiger partial charge in [-0.2, -0.15) is 0 Å². The zero-order valence-corrected chi connectivity index (χ0v) is 11.5. The van der Waals surface area contributed by atoms with Crippen molar-refractivity contribution in [3.63, 3.8) is 0 Å². The van der Waals surface area contributed by atoms with Gasteiger partial charge in [-0.3, -0.25) is 24.3 Å². The smallest absolute Gasteiger partial charge is 0.289 e. The predicted octanol–water partition coefficient (Wildman–Crippen LogP) is 0.991. The number of pyridine rings is 1. The fraction of sp³-hybridized carbons (Fsp3) is 0.385. The van der Waals surface area contributed by atoms with Crippen molar-refractivity contribution in [1.82, 2.24) is 14.8 Å². The topological polar surface area (TPSA) is 70.6 Å². The lowest BCUT2D eigenvalue weighted by Crippen LogP contribution is -2.41. The predicted molar refractivity (Wildman–Crippen MR) is 73.2 cm³/mol. The fourth-order valence-electron chi connectivity index (χ4n) is 2.53. The molecule has 7 heteroatoms. The van der Waals surface area contributed by atoms with Crippen LogP contribution in [0.5, 0.6) is 0 Å². The summed E-state index contributed by atoms with van der Waals surface area (Å²) in [4.78, 5) is 42.5. The summed E-state index contributed by atoms with van der Waals surface area (Å²) in [6.45, 7) is 0.964. The Morgan fingerprint density at radius 2 is 2.25 bits per heavy atom. The molecule has 1 aromatic heterocycles. The molecule has 0 N–H and O–H groups in total. The molecule has 3 heterocycles. The van der Waals surface area contributed by atoms with E-state index in [2.05, 4.69) is 4.98 Å². The average Bonchev–Trinajstić information content (AvgIpc) is 3.06. The molecule has 0 spiro atoms. The number of rotatable bonds is 2. The van der Waals surface area contributed by atoms with E-state index in [1.54, 1.807) is 23.2 Å². The van der Waals surface area contributed by atoms with E-state index in [9.17, 15) is 14.4 Å². The van der Waals surface area contributed by atoms with Gasteiger partial charge in [0.1, 0.15) is 0 Å². The van der Waals surface area contributed by atoms with Gasteiger partial charge in [0.25, 0.3) is 11.1 Å². The number of amides is 3. The summed E-state index contributed by atoms with van der Waals surface area (Å²) < 4.78 is 0. The highest BCUT2D eigenvalue weighted by Crippen LogP contribution is 2.26. The third kappa shape index (κ3) is 2.29. The summed E-state index contributed by atoms with van der Waals surface area (Å²) in [5.41, 5.74) is 0.529. The van der Waals surface area contributed by atoms with E-state index in [4.69, 9.17) is 0 Å². The van der Waals surface area contributed by atoms with E-state index in [0.717, 1.165) is 11.8 Å². The maximum atomic E-state index is 12.3. The van der Waals surface area contributed by atoms with Crippen LogP contribution in [0.4, 0.5) is 4.79 Å². The standard InChI is InChI=1S/C13H13N3O3S/c17-11-8-20-13(19)16(11)10-3-5-15(7-10)12(18)9-2-1-4-14-6-9/h1-2,4,6,10H,3,5,7-8H2. The minimum atomic E-state index is -0.198. The van der Waals surface area contributed by atoms with Crippen molar-refractivity contribution < 1.29 is 14.4 Å². The van der Waals surface area contributed by atoms with E-state index in [1.165, 1.54) is 11.1 Å². The molecule has 6 nitrogen and oxygen atoms in total. The molecule has 0 aliphatic carbocycles. The molecule has 104 valence electrons. The summed E-state index contributed by atoms with van der Waals surface area (Å²) in [6.07, 6.45) is 3.78. The summed E-state index contributed by atoms with van der Waals surface area (Å²) in [5.74, 6) is -0.0423. The fourth-order valence-corrected chi connectivity index (χ4v) is 3.30. The van der Waals surface area contributed by atoms with Crippen molar-refractivity contribution in [1.29, 1.82) is 0 Å². The number of thioether (sulfide) groups is 1. The van der Waals surface area contributed by atoms with Crippen LogP contribution in [0.25, 0.3) is 0 Å². The van der Waals surface area contributed by atoms with Gasteiger partial charge in [0.15, 0.2) is 0 Å². The largest absolute Gasteiger partial charge is 0.336 e. The Kier molecular flexibility index (Phi) is 3.43. The highest BCUT2D eigenvalue weighted by atomic mass is 32.2. The summed E-state index contributed by atoms with van der Waals surface area (Å²) in [7, 11) is 0. The van der Waals surface area contributed by atoms with Crippen LogP contribution in [-0.4, -0.2) is 56.7 Å². The molecule has 20 heavy (non-hydrogen) atoms. The Labute approximate surface area is 120 Å². The van der Waals surface area contributed by atoms with E-state index >= 15 is 0 Å². The third-order valence-electron chi connectivity index (χ3n) is 3.51. The van der Waals surface area contributed by atoms with Gasteiger partial charge in [-0.05, 0) is 18.6 Å². The number of carbonyl (C=O) groups is 3. The van der Waals surface area contributed by atoms with Crippen molar-refractivity contribution >= 4 is 28.8 Å². The van der Waals surface area contributed by atoms with Gasteiger partial charge >= 0.3 is 0 Å². The van der Waals surface area contributed by atoms with E-state index in [0.29, 0.717) is 25.1 Å². The second kappa shape index (κ2) is 5.24. The van der Waals surface area contributed by atoms with Gasteiger partial charge in [0.2, 0.25) is 5.91 Å². The number of hydrogen-bond acceptors (Lipinski definition) is 5. The SMILES string of the molecule is O=C(c1cccnc1)N1CCC(N2C(=O)CSC2=O)C1. The zero-order chi connectivity index (χ0) is 14.1. The second-order valence-electron chi connectivity index (χ2n) is 4.75. The van der Waals surface area contributed by atoms with Crippen LogP contribution in [0.2, 0.25) is 0 Å². The van der Waals surface area contributed by atoms with Crippen LogP contribution < -0.4 is 0 Å². The molecular weight excluding hydrogens is 278 g/mol. The monoisotopic (exact) mass is 291 g/mol. The van der Waals surface area contributed by atoms with Gasteiger partial charge in [-0.1, -0.05) is 11.8 Å². The minimum Gasteiger partial charge on any atom is -0.336 e. The lowest BCUT2D eigenvalue weighted by molar-refractivity contribution is -0.126. The third-order valence-corrected chi connectivity index (χ3v) is 4.34. The van der Waals surface area contributed by atoms with Crippen LogP contribution in [-0.2, 0) is 4.79 Å². The molecule has 1 aromatic rings. The van der Waals surface area contributed by atoms with Gasteiger partial charge in [0.05, 0.1) is 17.4 Å². The Morgan fingerprint density at radius 1 is 1.40 bits per heavy atom. The van der Waals surface area contributed by atoms with Crippen molar-refractivity contribution in [2.24, 2.45) is 0 Å². The van der Waals surface area contributed by atoms with Gasteiger partial charge in [0, 0.05) is 25.5 Å². The molecule has 1 atom stereocenters. The van der Waals surface area contributed by atoms with Crippen LogP contribution in [0.15, 0.2) is 24.5 Å². The highest BCUT2D eigenvalue weighted by molar-refractivity contribution is 8.14. The van der Waals surface area contributed by atoms with E-state index < -0.39 is 0 Å². The first-order valence-electron chi connectivity index (χ1n) is 6.35. The molecule has 2 saturated heterocycles. The number of hydrogen-bond donors (Lipinski definition) is 0. The maximum Gasteiger partial charge on any atom is 0.289 e. The van der Waals surface area contributed by atoms with Gasteiger partial charge in [-0.25, -0.2) is 0 Å². The molecular formula is C13H13N3O3S. The normalized spacial score (nSPS) is 22.7. The van der Waals surface area contributed by atoms with Gasteiger partial charge in [-0.15, -0.1) is 0 Å². The van der Waals surface area contributed by atoms with Gasteiger partial charge < -0.3 is 4.90 Å². The quantitative estimate of drug-likeness (QED) is 0.812. The zero-order valence-electron chi connectivity index (χ0n) is 10.7. The van der Waals surface area contributed by atoms with Crippen LogP contribution in [0, 0.1) is 0 Å². The Balaban J connectivity index is 1.69. The van der Waals surface area contributed by atoms with E-state index in [1.807, 2.05) is 0 Å². The van der Waals surface area contributed by atoms with Crippen LogP contribution >= 0.6 is 11.8 Å². The maximum absolute atomic E-state index is 12.3. The summed E-state index contributed by atoms with van der Waals surface area (Å²) in [6, 6.07) is 3.24. The molecule has 2 aliphatic heterocycles. The molecule has 0 saturated carbocycles. The van der Waals surface area contributed by atoms with Crippen molar-refractivity contribution in [3.8, 4) is 0 Å². The lowest BCUT2D eigenvalue weighted by Gasteiger charge is -2.21. The highest BCUT2D eigenvalue weighted by Gasteiger charge is 2.40. The number of imide groups is 1. The molecule has 3 rings (SSSR count). The van der Waals surface area contributed by atoms with Crippen LogP contribution in [0.1, 0.15) is 16.8 Å². The minimum absolute atomic E-state index is 0.104. The molecule has 2 fully saturated rings. The second-order valence-corrected chi connectivity index (χ2v) is 5.68. The number of nitrogens with zero attached hydrogens (tertiary/aromatic N) is 3. The number of aromatic nitrogens is 1. The Hall–Kier alpha value is -1.89. The molecule has 0 bridgehead atoms. The summed E-state index contributed by atoms with van der Waals surface area (Å²) >= 11 is 1.03. The first kappa shape index (κ1) is 13.1. The molecule has 1 unspecified atom stereocenters. The molecule has 2 aliphatic rings. The average molecular weight is 291 g/mol. The van der Waals surface area contributed by atoms with Crippen molar-refractivity contribution in [2.75, 3.05) is 18.8 Å². The molecule has 0 aromatic carbocycles. The van der Waals surface area contributed by atoms with Crippen molar-refractivity contribution in [2.45, 2.75) is 12.5 Å². The number of carbonyl (C=O) groups excluding carboxylic acids is 3. The number of likely N-dealkylation sites (tertiary alicyclic amines) is 1. The molecule has 0 radical (unpaired) electrons. The van der Waals surface area contributed by atoms with E-state index in [-0.39, 0.29) is 28.8 Å². The Morgan fingerprint density at radius 3 is 2.90 bits per heavy atom. The first-order chi connectivity index (χ1) is 9.66.